The summed E-state index contributed by atoms with van der Waals surface area (Å²) in [5, 5.41) is 20.6. The fourth-order valence-corrected chi connectivity index (χ4v) is 2.91. The summed E-state index contributed by atoms with van der Waals surface area (Å²) < 4.78 is 16.9. The van der Waals surface area contributed by atoms with Gasteiger partial charge in [0.15, 0.2) is 6.29 Å². The van der Waals surface area contributed by atoms with E-state index in [-0.39, 0.29) is 6.10 Å². The van der Waals surface area contributed by atoms with Crippen molar-refractivity contribution < 1.29 is 24.4 Å². The maximum absolute atomic E-state index is 10.5. The van der Waals surface area contributed by atoms with Crippen molar-refractivity contribution >= 4 is 0 Å². The molecule has 0 saturated carbocycles. The van der Waals surface area contributed by atoms with Crippen LogP contribution in [0.2, 0.25) is 0 Å². The van der Waals surface area contributed by atoms with Crippen LogP contribution in [0, 0.1) is 0 Å². The molecule has 3 rings (SSSR count). The van der Waals surface area contributed by atoms with Gasteiger partial charge in [0.05, 0.1) is 19.3 Å². The Morgan fingerprint density at radius 1 is 0.920 bits per heavy atom. The van der Waals surface area contributed by atoms with E-state index in [2.05, 4.69) is 0 Å². The van der Waals surface area contributed by atoms with E-state index in [0.29, 0.717) is 13.2 Å². The second-order valence-electron chi connectivity index (χ2n) is 6.24. The highest BCUT2D eigenvalue weighted by molar-refractivity contribution is 5.14. The van der Waals surface area contributed by atoms with E-state index in [9.17, 15) is 10.2 Å². The lowest BCUT2D eigenvalue weighted by Crippen LogP contribution is -2.40. The molecular formula is C20H24O5. The Balaban J connectivity index is 1.52. The minimum absolute atomic E-state index is 0.301. The molecule has 0 aliphatic carbocycles. The molecule has 134 valence electrons. The number of hydrogen-bond donors (Lipinski definition) is 2. The van der Waals surface area contributed by atoms with Crippen LogP contribution < -0.4 is 0 Å². The van der Waals surface area contributed by atoms with Crippen molar-refractivity contribution in [1.82, 2.24) is 0 Å². The second kappa shape index (κ2) is 8.56. The van der Waals surface area contributed by atoms with E-state index >= 15 is 0 Å². The van der Waals surface area contributed by atoms with Gasteiger partial charge in [-0.25, -0.2) is 0 Å². The summed E-state index contributed by atoms with van der Waals surface area (Å²) in [4.78, 5) is 0. The largest absolute Gasteiger partial charge is 0.387 e. The number of rotatable bonds is 7. The Bertz CT molecular complexity index is 633. The number of ether oxygens (including phenoxy) is 3. The Hall–Kier alpha value is -1.76. The molecular weight excluding hydrogens is 320 g/mol. The summed E-state index contributed by atoms with van der Waals surface area (Å²) in [5.41, 5.74) is 2.01. The van der Waals surface area contributed by atoms with Crippen LogP contribution in [0.4, 0.5) is 0 Å². The van der Waals surface area contributed by atoms with Crippen LogP contribution in [0.25, 0.3) is 0 Å². The lowest BCUT2D eigenvalue weighted by molar-refractivity contribution is -0.162. The number of aliphatic hydroxyl groups is 2. The smallest absolute Gasteiger partial charge is 0.184 e. The first-order chi connectivity index (χ1) is 12.1. The molecule has 1 aliphatic heterocycles. The maximum Gasteiger partial charge on any atom is 0.184 e. The third-order valence-corrected chi connectivity index (χ3v) is 4.35. The van der Waals surface area contributed by atoms with Crippen molar-refractivity contribution in [2.45, 2.75) is 50.8 Å². The average molecular weight is 344 g/mol. The van der Waals surface area contributed by atoms with Crippen molar-refractivity contribution in [3.63, 3.8) is 0 Å². The van der Waals surface area contributed by atoms with Gasteiger partial charge in [-0.2, -0.15) is 0 Å². The van der Waals surface area contributed by atoms with Crippen LogP contribution in [-0.2, 0) is 27.4 Å². The first kappa shape index (κ1) is 18.0. The molecule has 2 aromatic carbocycles. The third kappa shape index (κ3) is 4.66. The van der Waals surface area contributed by atoms with Gasteiger partial charge in [0.25, 0.3) is 0 Å². The quantitative estimate of drug-likeness (QED) is 0.806. The Morgan fingerprint density at radius 3 is 2.08 bits per heavy atom. The topological polar surface area (TPSA) is 68.2 Å². The van der Waals surface area contributed by atoms with E-state index in [1.807, 2.05) is 67.6 Å². The highest BCUT2D eigenvalue weighted by Gasteiger charge is 2.46. The molecule has 5 heteroatoms. The van der Waals surface area contributed by atoms with Crippen LogP contribution >= 0.6 is 0 Å². The summed E-state index contributed by atoms with van der Waals surface area (Å²) in [7, 11) is 0. The zero-order valence-electron chi connectivity index (χ0n) is 14.2. The molecule has 2 N–H and O–H groups in total. The van der Waals surface area contributed by atoms with Crippen LogP contribution in [0.3, 0.4) is 0 Å². The standard InChI is InChI=1S/C20H24O5/c1-14(23-12-15-8-4-2-5-9-15)18-17(21)19(20(22)25-18)24-13-16-10-6-3-7-11-16/h2-11,14,17-22H,12-13H2,1H3/t14-,17+,18+,19-,20-/m0/s1. The molecule has 5 atom stereocenters. The Labute approximate surface area is 147 Å². The molecule has 0 amide bonds. The van der Waals surface area contributed by atoms with Crippen molar-refractivity contribution in [1.29, 1.82) is 0 Å². The van der Waals surface area contributed by atoms with Crippen molar-refractivity contribution in [2.24, 2.45) is 0 Å². The number of aliphatic hydroxyl groups excluding tert-OH is 2. The van der Waals surface area contributed by atoms with Gasteiger partial charge < -0.3 is 24.4 Å². The van der Waals surface area contributed by atoms with Crippen LogP contribution in [0.15, 0.2) is 60.7 Å². The monoisotopic (exact) mass is 344 g/mol. The van der Waals surface area contributed by atoms with Crippen LogP contribution in [0.5, 0.6) is 0 Å². The zero-order valence-corrected chi connectivity index (χ0v) is 14.2. The van der Waals surface area contributed by atoms with E-state index in [1.54, 1.807) is 0 Å². The predicted molar refractivity (Wildman–Crippen MR) is 92.6 cm³/mol. The first-order valence-corrected chi connectivity index (χ1v) is 8.48. The molecule has 25 heavy (non-hydrogen) atoms. The third-order valence-electron chi connectivity index (χ3n) is 4.35. The predicted octanol–water partition coefficient (Wildman–Crippen LogP) is 2.26. The Morgan fingerprint density at radius 2 is 1.48 bits per heavy atom. The maximum atomic E-state index is 10.5. The number of benzene rings is 2. The SMILES string of the molecule is C[C@H](OCc1ccccc1)[C@H]1O[C@H](O)[C@@H](OCc2ccccc2)[C@@H]1O. The van der Waals surface area contributed by atoms with Gasteiger partial charge in [-0.15, -0.1) is 0 Å². The fraction of sp³-hybridized carbons (Fsp3) is 0.400. The second-order valence-corrected chi connectivity index (χ2v) is 6.24. The lowest BCUT2D eigenvalue weighted by Gasteiger charge is -2.23. The lowest BCUT2D eigenvalue weighted by atomic mass is 10.1. The summed E-state index contributed by atoms with van der Waals surface area (Å²) in [6.07, 6.45) is -3.95. The van der Waals surface area contributed by atoms with Gasteiger partial charge in [0.2, 0.25) is 0 Å². The summed E-state index contributed by atoms with van der Waals surface area (Å²) >= 11 is 0. The molecule has 0 bridgehead atoms. The highest BCUT2D eigenvalue weighted by atomic mass is 16.7. The minimum atomic E-state index is -1.17. The summed E-state index contributed by atoms with van der Waals surface area (Å²) in [5.74, 6) is 0. The van der Waals surface area contributed by atoms with Gasteiger partial charge in [0.1, 0.15) is 18.3 Å². The normalized spacial score (nSPS) is 27.3. The molecule has 1 saturated heterocycles. The van der Waals surface area contributed by atoms with Crippen molar-refractivity contribution in [3.8, 4) is 0 Å². The minimum Gasteiger partial charge on any atom is -0.387 e. The number of hydrogen-bond acceptors (Lipinski definition) is 5. The van der Waals surface area contributed by atoms with Crippen LogP contribution in [0.1, 0.15) is 18.1 Å². The molecule has 0 radical (unpaired) electrons. The van der Waals surface area contributed by atoms with Gasteiger partial charge in [-0.05, 0) is 18.1 Å². The highest BCUT2D eigenvalue weighted by Crippen LogP contribution is 2.27. The van der Waals surface area contributed by atoms with Crippen molar-refractivity contribution in [3.05, 3.63) is 71.8 Å². The molecule has 1 heterocycles. The van der Waals surface area contributed by atoms with E-state index in [1.165, 1.54) is 0 Å². The summed E-state index contributed by atoms with van der Waals surface area (Å²) in [6.45, 7) is 2.54. The molecule has 0 aromatic heterocycles. The van der Waals surface area contributed by atoms with E-state index in [0.717, 1.165) is 11.1 Å². The molecule has 1 fully saturated rings. The fourth-order valence-electron chi connectivity index (χ4n) is 2.91. The van der Waals surface area contributed by atoms with Gasteiger partial charge in [-0.1, -0.05) is 60.7 Å². The summed E-state index contributed by atoms with van der Waals surface area (Å²) in [6, 6.07) is 19.4. The Kier molecular flexibility index (Phi) is 6.18. The molecule has 1 aliphatic rings. The van der Waals surface area contributed by atoms with Crippen molar-refractivity contribution in [2.75, 3.05) is 0 Å². The van der Waals surface area contributed by atoms with Gasteiger partial charge in [0, 0.05) is 0 Å². The average Bonchev–Trinajstić information content (AvgIpc) is 2.94. The van der Waals surface area contributed by atoms with Crippen LogP contribution in [-0.4, -0.2) is 40.9 Å². The molecule has 0 spiro atoms. The van der Waals surface area contributed by atoms with E-state index < -0.39 is 24.6 Å². The molecule has 0 unspecified atom stereocenters. The molecule has 2 aromatic rings. The van der Waals surface area contributed by atoms with E-state index in [4.69, 9.17) is 14.2 Å². The van der Waals surface area contributed by atoms with Gasteiger partial charge >= 0.3 is 0 Å². The first-order valence-electron chi connectivity index (χ1n) is 8.48. The van der Waals surface area contributed by atoms with Gasteiger partial charge in [-0.3, -0.25) is 0 Å². The zero-order chi connectivity index (χ0) is 17.6. The molecule has 5 nitrogen and oxygen atoms in total.